The number of hydrogen-bond donors (Lipinski definition) is 1. The van der Waals surface area contributed by atoms with Crippen LogP contribution >= 0.6 is 11.6 Å². The van der Waals surface area contributed by atoms with Crippen LogP contribution in [0, 0.1) is 0 Å². The van der Waals surface area contributed by atoms with Gasteiger partial charge in [0.15, 0.2) is 0 Å². The highest BCUT2D eigenvalue weighted by molar-refractivity contribution is 6.33. The second kappa shape index (κ2) is 6.53. The first-order chi connectivity index (χ1) is 8.81. The summed E-state index contributed by atoms with van der Waals surface area (Å²) in [7, 11) is 0. The minimum absolute atomic E-state index is 0.754. The van der Waals surface area contributed by atoms with Gasteiger partial charge in [-0.1, -0.05) is 36.7 Å². The maximum absolute atomic E-state index is 6.31. The predicted octanol–water partition coefficient (Wildman–Crippen LogP) is 3.90. The predicted molar refractivity (Wildman–Crippen MR) is 76.7 cm³/mol. The van der Waals surface area contributed by atoms with E-state index >= 15 is 0 Å². The first-order valence-electron chi connectivity index (χ1n) is 6.22. The molecule has 0 saturated heterocycles. The normalized spacial score (nSPS) is 10.6. The Bertz CT molecular complexity index is 497. The lowest BCUT2D eigenvalue weighted by atomic mass is 10.1. The molecule has 2 nitrogen and oxygen atoms in total. The zero-order valence-electron chi connectivity index (χ0n) is 10.5. The summed E-state index contributed by atoms with van der Waals surface area (Å²) in [6.45, 7) is 4.04. The molecule has 3 heteroatoms. The quantitative estimate of drug-likeness (QED) is 0.825. The molecular formula is C15H17ClN2. The third-order valence-electron chi connectivity index (χ3n) is 2.73. The fourth-order valence-corrected chi connectivity index (χ4v) is 2.11. The summed E-state index contributed by atoms with van der Waals surface area (Å²) in [6.07, 6.45) is 2.92. The van der Waals surface area contributed by atoms with Crippen molar-refractivity contribution >= 4 is 11.6 Å². The molecule has 0 amide bonds. The van der Waals surface area contributed by atoms with Crippen molar-refractivity contribution in [1.29, 1.82) is 0 Å². The second-order valence-corrected chi connectivity index (χ2v) is 4.61. The molecule has 0 unspecified atom stereocenters. The largest absolute Gasteiger partial charge is 0.313 e. The van der Waals surface area contributed by atoms with Crippen molar-refractivity contribution in [3.05, 3.63) is 53.2 Å². The third kappa shape index (κ3) is 3.31. The minimum Gasteiger partial charge on any atom is -0.313 e. The van der Waals surface area contributed by atoms with Crippen molar-refractivity contribution in [2.24, 2.45) is 0 Å². The lowest BCUT2D eigenvalue weighted by Crippen LogP contribution is -2.13. The van der Waals surface area contributed by atoms with Crippen LogP contribution in [0.25, 0.3) is 11.3 Å². The van der Waals surface area contributed by atoms with Crippen LogP contribution in [0.1, 0.15) is 18.9 Å². The number of nitrogens with one attached hydrogen (secondary N) is 1. The second-order valence-electron chi connectivity index (χ2n) is 4.21. The molecule has 1 heterocycles. The average Bonchev–Trinajstić information content (AvgIpc) is 2.40. The molecule has 0 fully saturated rings. The van der Waals surface area contributed by atoms with Crippen LogP contribution in [-0.2, 0) is 6.54 Å². The van der Waals surface area contributed by atoms with Gasteiger partial charge in [-0.15, -0.1) is 0 Å². The molecule has 1 aromatic carbocycles. The van der Waals surface area contributed by atoms with Crippen LogP contribution in [0.5, 0.6) is 0 Å². The van der Waals surface area contributed by atoms with E-state index in [1.807, 2.05) is 30.3 Å². The minimum atomic E-state index is 0.754. The third-order valence-corrected chi connectivity index (χ3v) is 3.04. The molecule has 0 aliphatic rings. The molecule has 0 radical (unpaired) electrons. The first-order valence-corrected chi connectivity index (χ1v) is 6.59. The number of nitrogens with zero attached hydrogens (tertiary/aromatic N) is 1. The van der Waals surface area contributed by atoms with Gasteiger partial charge in [0.05, 0.1) is 10.7 Å². The summed E-state index contributed by atoms with van der Waals surface area (Å²) in [5.74, 6) is 0. The maximum Gasteiger partial charge on any atom is 0.0716 e. The van der Waals surface area contributed by atoms with E-state index in [0.717, 1.165) is 35.8 Å². The number of rotatable bonds is 5. The molecule has 0 bridgehead atoms. The number of benzene rings is 1. The molecule has 18 heavy (non-hydrogen) atoms. The molecule has 2 aromatic rings. The highest BCUT2D eigenvalue weighted by Gasteiger charge is 2.05. The Morgan fingerprint density at radius 3 is 2.78 bits per heavy atom. The first kappa shape index (κ1) is 13.1. The fourth-order valence-electron chi connectivity index (χ4n) is 1.81. The zero-order chi connectivity index (χ0) is 12.8. The summed E-state index contributed by atoms with van der Waals surface area (Å²) in [4.78, 5) is 4.31. The Labute approximate surface area is 113 Å². The highest BCUT2D eigenvalue weighted by atomic mass is 35.5. The van der Waals surface area contributed by atoms with Gasteiger partial charge in [-0.25, -0.2) is 0 Å². The molecular weight excluding hydrogens is 244 g/mol. The SMILES string of the molecule is CCCNCc1ccc(-c2ccccn2)c(Cl)c1. The summed E-state index contributed by atoms with van der Waals surface area (Å²) in [6, 6.07) is 12.0. The van der Waals surface area contributed by atoms with E-state index in [4.69, 9.17) is 11.6 Å². The van der Waals surface area contributed by atoms with E-state index in [0.29, 0.717) is 0 Å². The molecule has 0 aliphatic heterocycles. The van der Waals surface area contributed by atoms with Gasteiger partial charge < -0.3 is 5.32 Å². The van der Waals surface area contributed by atoms with Gasteiger partial charge in [-0.2, -0.15) is 0 Å². The lowest BCUT2D eigenvalue weighted by Gasteiger charge is -2.07. The lowest BCUT2D eigenvalue weighted by molar-refractivity contribution is 0.675. The topological polar surface area (TPSA) is 24.9 Å². The molecule has 0 atom stereocenters. The zero-order valence-corrected chi connectivity index (χ0v) is 11.2. The molecule has 1 N–H and O–H groups in total. The van der Waals surface area contributed by atoms with E-state index in [1.165, 1.54) is 5.56 Å². The van der Waals surface area contributed by atoms with Crippen LogP contribution in [0.4, 0.5) is 0 Å². The van der Waals surface area contributed by atoms with Crippen LogP contribution in [0.2, 0.25) is 5.02 Å². The van der Waals surface area contributed by atoms with Crippen LogP contribution in [0.3, 0.4) is 0 Å². The van der Waals surface area contributed by atoms with Crippen LogP contribution < -0.4 is 5.32 Å². The van der Waals surface area contributed by atoms with E-state index in [9.17, 15) is 0 Å². The maximum atomic E-state index is 6.31. The number of aromatic nitrogens is 1. The van der Waals surface area contributed by atoms with E-state index in [1.54, 1.807) is 6.20 Å². The van der Waals surface area contributed by atoms with Gasteiger partial charge in [-0.3, -0.25) is 4.98 Å². The van der Waals surface area contributed by atoms with Crippen LogP contribution in [-0.4, -0.2) is 11.5 Å². The standard InChI is InChI=1S/C15H17ClN2/c1-2-8-17-11-12-6-7-13(14(16)10-12)15-5-3-4-9-18-15/h3-7,9-10,17H,2,8,11H2,1H3. The van der Waals surface area contributed by atoms with Gasteiger partial charge >= 0.3 is 0 Å². The van der Waals surface area contributed by atoms with Gasteiger partial charge in [0.2, 0.25) is 0 Å². The van der Waals surface area contributed by atoms with Crippen molar-refractivity contribution in [1.82, 2.24) is 10.3 Å². The van der Waals surface area contributed by atoms with E-state index in [-0.39, 0.29) is 0 Å². The smallest absolute Gasteiger partial charge is 0.0716 e. The summed E-state index contributed by atoms with van der Waals surface area (Å²) in [5, 5.41) is 4.12. The Balaban J connectivity index is 2.15. The summed E-state index contributed by atoms with van der Waals surface area (Å²) < 4.78 is 0. The average molecular weight is 261 g/mol. The van der Waals surface area contributed by atoms with E-state index < -0.39 is 0 Å². The number of halogens is 1. The van der Waals surface area contributed by atoms with Crippen molar-refractivity contribution in [2.75, 3.05) is 6.54 Å². The summed E-state index contributed by atoms with van der Waals surface area (Å²) in [5.41, 5.74) is 3.10. The Kier molecular flexibility index (Phi) is 4.73. The molecule has 1 aromatic heterocycles. The molecule has 0 spiro atoms. The highest BCUT2D eigenvalue weighted by Crippen LogP contribution is 2.26. The van der Waals surface area contributed by atoms with Gasteiger partial charge in [0.25, 0.3) is 0 Å². The van der Waals surface area contributed by atoms with E-state index in [2.05, 4.69) is 23.3 Å². The molecule has 0 saturated carbocycles. The number of hydrogen-bond acceptors (Lipinski definition) is 2. The van der Waals surface area contributed by atoms with Gasteiger partial charge in [-0.05, 0) is 36.7 Å². The summed E-state index contributed by atoms with van der Waals surface area (Å²) >= 11 is 6.31. The Hall–Kier alpha value is -1.38. The van der Waals surface area contributed by atoms with Crippen molar-refractivity contribution in [3.63, 3.8) is 0 Å². The monoisotopic (exact) mass is 260 g/mol. The Morgan fingerprint density at radius 1 is 1.22 bits per heavy atom. The fraction of sp³-hybridized carbons (Fsp3) is 0.267. The number of pyridine rings is 1. The molecule has 2 rings (SSSR count). The van der Waals surface area contributed by atoms with Crippen molar-refractivity contribution in [3.8, 4) is 11.3 Å². The van der Waals surface area contributed by atoms with Gasteiger partial charge in [0, 0.05) is 18.3 Å². The van der Waals surface area contributed by atoms with Crippen molar-refractivity contribution in [2.45, 2.75) is 19.9 Å². The Morgan fingerprint density at radius 2 is 2.11 bits per heavy atom. The van der Waals surface area contributed by atoms with Crippen LogP contribution in [0.15, 0.2) is 42.6 Å². The van der Waals surface area contributed by atoms with Crippen molar-refractivity contribution < 1.29 is 0 Å². The van der Waals surface area contributed by atoms with Gasteiger partial charge in [0.1, 0.15) is 0 Å². The molecule has 94 valence electrons. The molecule has 0 aliphatic carbocycles.